The Balaban J connectivity index is 2.39. The summed E-state index contributed by atoms with van der Waals surface area (Å²) in [6.45, 7) is 5.19. The maximum Gasteiger partial charge on any atom is 0.244 e. The minimum Gasteiger partial charge on any atom is -0.497 e. The fourth-order valence-corrected chi connectivity index (χ4v) is 4.45. The number of hydrogen-bond donors (Lipinski definition) is 1. The summed E-state index contributed by atoms with van der Waals surface area (Å²) in [5.41, 5.74) is 1.14. The van der Waals surface area contributed by atoms with Crippen molar-refractivity contribution >= 4 is 50.1 Å². The molecule has 10 heteroatoms. The highest BCUT2D eigenvalue weighted by Gasteiger charge is 2.30. The Kier molecular flexibility index (Phi) is 10.2. The van der Waals surface area contributed by atoms with Gasteiger partial charge in [0.25, 0.3) is 0 Å². The van der Waals surface area contributed by atoms with Gasteiger partial charge in [-0.2, -0.15) is 0 Å². The summed E-state index contributed by atoms with van der Waals surface area (Å²) >= 11 is 2.13. The third-order valence-corrected chi connectivity index (χ3v) is 7.31. The second kappa shape index (κ2) is 12.4. The van der Waals surface area contributed by atoms with E-state index in [2.05, 4.69) is 27.9 Å². The Morgan fingerprint density at radius 3 is 2.32 bits per heavy atom. The largest absolute Gasteiger partial charge is 0.497 e. The number of anilines is 1. The summed E-state index contributed by atoms with van der Waals surface area (Å²) < 4.78 is 32.4. The molecule has 0 aliphatic carbocycles. The van der Waals surface area contributed by atoms with E-state index < -0.39 is 28.5 Å². The van der Waals surface area contributed by atoms with E-state index in [1.54, 1.807) is 56.5 Å². The highest BCUT2D eigenvalue weighted by molar-refractivity contribution is 14.1. The van der Waals surface area contributed by atoms with Gasteiger partial charge in [-0.1, -0.05) is 19.1 Å². The van der Waals surface area contributed by atoms with Crippen molar-refractivity contribution in [1.82, 2.24) is 10.2 Å². The first-order valence-electron chi connectivity index (χ1n) is 10.9. The van der Waals surface area contributed by atoms with Gasteiger partial charge in [-0.15, -0.1) is 0 Å². The van der Waals surface area contributed by atoms with Gasteiger partial charge < -0.3 is 15.0 Å². The maximum atomic E-state index is 13.5. The second-order valence-corrected chi connectivity index (χ2v) is 11.3. The zero-order chi connectivity index (χ0) is 25.5. The number of methoxy groups -OCH3 is 1. The van der Waals surface area contributed by atoms with Crippen molar-refractivity contribution in [3.63, 3.8) is 0 Å². The van der Waals surface area contributed by atoms with E-state index in [9.17, 15) is 18.0 Å². The van der Waals surface area contributed by atoms with Gasteiger partial charge in [-0.05, 0) is 84.8 Å². The number of carbonyl (C=O) groups excluding carboxylic acids is 2. The van der Waals surface area contributed by atoms with Crippen LogP contribution in [-0.2, 0) is 26.2 Å². The molecule has 186 valence electrons. The summed E-state index contributed by atoms with van der Waals surface area (Å²) in [5.74, 6) is -0.164. The third kappa shape index (κ3) is 7.86. The van der Waals surface area contributed by atoms with Crippen LogP contribution in [0.1, 0.15) is 32.8 Å². The third-order valence-electron chi connectivity index (χ3n) is 5.45. The van der Waals surface area contributed by atoms with E-state index in [0.717, 1.165) is 26.1 Å². The van der Waals surface area contributed by atoms with Gasteiger partial charge >= 0.3 is 0 Å². The number of nitrogens with zero attached hydrogens (tertiary/aromatic N) is 2. The number of rotatable bonds is 11. The van der Waals surface area contributed by atoms with Gasteiger partial charge in [0.15, 0.2) is 0 Å². The molecule has 2 amide bonds. The molecule has 34 heavy (non-hydrogen) atoms. The van der Waals surface area contributed by atoms with Crippen molar-refractivity contribution in [3.05, 3.63) is 57.7 Å². The van der Waals surface area contributed by atoms with E-state index >= 15 is 0 Å². The number of ether oxygens (including phenoxy) is 1. The lowest BCUT2D eigenvalue weighted by atomic mass is 10.1. The molecule has 0 heterocycles. The number of hydrogen-bond acceptors (Lipinski definition) is 5. The lowest BCUT2D eigenvalue weighted by molar-refractivity contribution is -0.139. The van der Waals surface area contributed by atoms with E-state index in [1.807, 2.05) is 19.9 Å². The normalized spacial score (nSPS) is 13.0. The zero-order valence-corrected chi connectivity index (χ0v) is 23.1. The Morgan fingerprint density at radius 2 is 1.76 bits per heavy atom. The minimum atomic E-state index is -3.75. The molecular weight excluding hydrogens is 569 g/mol. The molecule has 0 unspecified atom stereocenters. The molecule has 0 aromatic heterocycles. The van der Waals surface area contributed by atoms with Crippen LogP contribution >= 0.6 is 22.6 Å². The van der Waals surface area contributed by atoms with E-state index in [4.69, 9.17) is 4.74 Å². The SMILES string of the molecule is CC[C@H](C)NC(=O)[C@@H](C)N(Cc1cccc(OC)c1)C(=O)CN(c1ccc(I)cc1)S(C)(=O)=O. The number of amides is 2. The van der Waals surface area contributed by atoms with E-state index in [-0.39, 0.29) is 18.5 Å². The smallest absolute Gasteiger partial charge is 0.244 e. The molecule has 1 N–H and O–H groups in total. The second-order valence-electron chi connectivity index (χ2n) is 8.11. The zero-order valence-electron chi connectivity index (χ0n) is 20.1. The van der Waals surface area contributed by atoms with Crippen LogP contribution in [0.5, 0.6) is 5.75 Å². The molecule has 0 saturated heterocycles. The summed E-state index contributed by atoms with van der Waals surface area (Å²) in [4.78, 5) is 27.8. The van der Waals surface area contributed by atoms with Gasteiger partial charge in [0.05, 0.1) is 19.1 Å². The molecule has 8 nitrogen and oxygen atoms in total. The van der Waals surface area contributed by atoms with Crippen molar-refractivity contribution in [3.8, 4) is 5.75 Å². The van der Waals surface area contributed by atoms with Crippen LogP contribution in [0.4, 0.5) is 5.69 Å². The summed E-state index contributed by atoms with van der Waals surface area (Å²) in [7, 11) is -2.20. The van der Waals surface area contributed by atoms with E-state index in [0.29, 0.717) is 11.4 Å². The van der Waals surface area contributed by atoms with Gasteiger partial charge in [0, 0.05) is 16.2 Å². The number of halogens is 1. The van der Waals surface area contributed by atoms with Crippen LogP contribution in [0.3, 0.4) is 0 Å². The summed E-state index contributed by atoms with van der Waals surface area (Å²) in [5, 5.41) is 2.90. The molecule has 0 spiro atoms. The van der Waals surface area contributed by atoms with Crippen LogP contribution in [0.15, 0.2) is 48.5 Å². The molecule has 0 fully saturated rings. The fraction of sp³-hybridized carbons (Fsp3) is 0.417. The molecule has 2 atom stereocenters. The molecule has 0 bridgehead atoms. The average molecular weight is 602 g/mol. The predicted octanol–water partition coefficient (Wildman–Crippen LogP) is 3.40. The van der Waals surface area contributed by atoms with Crippen LogP contribution in [0.2, 0.25) is 0 Å². The van der Waals surface area contributed by atoms with Crippen molar-refractivity contribution in [2.24, 2.45) is 0 Å². The first-order chi connectivity index (χ1) is 16.0. The van der Waals surface area contributed by atoms with Gasteiger partial charge in [-0.25, -0.2) is 8.42 Å². The van der Waals surface area contributed by atoms with Crippen molar-refractivity contribution in [2.45, 2.75) is 45.8 Å². The summed E-state index contributed by atoms with van der Waals surface area (Å²) in [6.07, 6.45) is 1.81. The summed E-state index contributed by atoms with van der Waals surface area (Å²) in [6, 6.07) is 13.2. The number of carbonyl (C=O) groups is 2. The highest BCUT2D eigenvalue weighted by Crippen LogP contribution is 2.21. The molecule has 2 aromatic rings. The molecule has 0 aliphatic heterocycles. The maximum absolute atomic E-state index is 13.5. The van der Waals surface area contributed by atoms with Gasteiger partial charge in [0.2, 0.25) is 21.8 Å². The monoisotopic (exact) mass is 601 g/mol. The van der Waals surface area contributed by atoms with Crippen LogP contribution < -0.4 is 14.4 Å². The molecule has 2 aromatic carbocycles. The molecule has 2 rings (SSSR count). The van der Waals surface area contributed by atoms with Gasteiger partial charge in [-0.3, -0.25) is 13.9 Å². The van der Waals surface area contributed by atoms with Crippen molar-refractivity contribution < 1.29 is 22.7 Å². The Morgan fingerprint density at radius 1 is 1.12 bits per heavy atom. The molecule has 0 aliphatic rings. The first kappa shape index (κ1) is 27.9. The average Bonchev–Trinajstić information content (AvgIpc) is 2.80. The topological polar surface area (TPSA) is 96.0 Å². The Hall–Kier alpha value is -2.34. The number of benzene rings is 2. The van der Waals surface area contributed by atoms with E-state index in [1.165, 1.54) is 4.90 Å². The standard InChI is InChI=1S/C24H32IN3O5S/c1-6-17(2)26-24(30)18(3)27(15-19-8-7-9-22(14-19)33-4)23(29)16-28(34(5,31)32)21-12-10-20(25)11-13-21/h7-14,17-18H,6,15-16H2,1-5H3,(H,26,30)/t17-,18+/m0/s1. The Labute approximate surface area is 215 Å². The van der Waals surface area contributed by atoms with Crippen LogP contribution in [0, 0.1) is 3.57 Å². The fourth-order valence-electron chi connectivity index (χ4n) is 3.24. The first-order valence-corrected chi connectivity index (χ1v) is 13.8. The molecule has 0 saturated carbocycles. The van der Waals surface area contributed by atoms with Crippen molar-refractivity contribution in [2.75, 3.05) is 24.2 Å². The lowest BCUT2D eigenvalue weighted by Gasteiger charge is -2.32. The lowest BCUT2D eigenvalue weighted by Crippen LogP contribution is -2.52. The van der Waals surface area contributed by atoms with Crippen molar-refractivity contribution in [1.29, 1.82) is 0 Å². The predicted molar refractivity (Wildman–Crippen MR) is 142 cm³/mol. The quantitative estimate of drug-likeness (QED) is 0.399. The molecular formula is C24H32IN3O5S. The minimum absolute atomic E-state index is 0.0527. The number of nitrogens with one attached hydrogen (secondary N) is 1. The highest BCUT2D eigenvalue weighted by atomic mass is 127. The van der Waals surface area contributed by atoms with Gasteiger partial charge in [0.1, 0.15) is 18.3 Å². The number of sulfonamides is 1. The molecule has 0 radical (unpaired) electrons. The van der Waals surface area contributed by atoms with Crippen LogP contribution in [-0.4, -0.2) is 57.1 Å². The van der Waals surface area contributed by atoms with Crippen LogP contribution in [0.25, 0.3) is 0 Å². The Bertz CT molecular complexity index is 1090.